The predicted octanol–water partition coefficient (Wildman–Crippen LogP) is 3.29. The lowest BCUT2D eigenvalue weighted by atomic mass is 9.95. The van der Waals surface area contributed by atoms with Crippen molar-refractivity contribution in [2.45, 2.75) is 19.4 Å². The highest BCUT2D eigenvalue weighted by atomic mass is 35.5. The molecule has 1 aliphatic rings. The van der Waals surface area contributed by atoms with Gasteiger partial charge in [0.1, 0.15) is 0 Å². The van der Waals surface area contributed by atoms with Gasteiger partial charge in [0, 0.05) is 28.7 Å². The largest absolute Gasteiger partial charge is 0.366 e. The Morgan fingerprint density at radius 3 is 2.54 bits per heavy atom. The van der Waals surface area contributed by atoms with Gasteiger partial charge in [0.2, 0.25) is 11.8 Å². The third-order valence-corrected chi connectivity index (χ3v) is 5.09. The van der Waals surface area contributed by atoms with E-state index in [1.54, 1.807) is 24.3 Å². The molecule has 1 saturated heterocycles. The quantitative estimate of drug-likeness (QED) is 0.846. The van der Waals surface area contributed by atoms with Crippen LogP contribution in [0.15, 0.2) is 48.5 Å². The summed E-state index contributed by atoms with van der Waals surface area (Å²) in [4.78, 5) is 26.1. The van der Waals surface area contributed by atoms with Gasteiger partial charge in [-0.25, -0.2) is 0 Å². The first-order valence-electron chi connectivity index (χ1n) is 8.69. The van der Waals surface area contributed by atoms with Crippen LogP contribution < -0.4 is 11.1 Å². The average Bonchev–Trinajstić information content (AvgIpc) is 2.64. The van der Waals surface area contributed by atoms with Gasteiger partial charge in [0.25, 0.3) is 0 Å². The van der Waals surface area contributed by atoms with E-state index in [0.29, 0.717) is 11.3 Å². The predicted molar refractivity (Wildman–Crippen MR) is 103 cm³/mol. The number of benzene rings is 2. The number of amides is 2. The number of carbonyl (C=O) groups excluding carboxylic acids is 2. The molecule has 0 bridgehead atoms. The molecular formula is C20H22ClN3O2. The number of halogens is 1. The van der Waals surface area contributed by atoms with Crippen LogP contribution in [0, 0.1) is 5.92 Å². The summed E-state index contributed by atoms with van der Waals surface area (Å²) in [6.07, 6.45) is 1.59. The van der Waals surface area contributed by atoms with Gasteiger partial charge >= 0.3 is 0 Å². The molecule has 1 heterocycles. The highest BCUT2D eigenvalue weighted by Gasteiger charge is 2.25. The number of likely N-dealkylation sites (tertiary alicyclic amines) is 1. The second-order valence-corrected chi connectivity index (χ2v) is 6.98. The molecule has 0 aliphatic carbocycles. The SMILES string of the molecule is NC(=O)c1cccc(NC(=O)C2CCN(Cc3ccccc3Cl)CC2)c1. The highest BCUT2D eigenvalue weighted by Crippen LogP contribution is 2.23. The standard InChI is InChI=1S/C20H22ClN3O2/c21-18-7-2-1-4-16(18)13-24-10-8-14(9-11-24)20(26)23-17-6-3-5-15(12-17)19(22)25/h1-7,12,14H,8-11,13H2,(H2,22,25)(H,23,26). The number of rotatable bonds is 5. The zero-order valence-electron chi connectivity index (χ0n) is 14.5. The van der Waals surface area contributed by atoms with E-state index in [1.165, 1.54) is 0 Å². The second-order valence-electron chi connectivity index (χ2n) is 6.58. The van der Waals surface area contributed by atoms with Gasteiger partial charge in [-0.1, -0.05) is 35.9 Å². The molecule has 0 atom stereocenters. The Bertz CT molecular complexity index is 801. The monoisotopic (exact) mass is 371 g/mol. The topological polar surface area (TPSA) is 75.4 Å². The smallest absolute Gasteiger partial charge is 0.248 e. The molecule has 0 unspecified atom stereocenters. The summed E-state index contributed by atoms with van der Waals surface area (Å²) in [6.45, 7) is 2.50. The summed E-state index contributed by atoms with van der Waals surface area (Å²) >= 11 is 6.22. The van der Waals surface area contributed by atoms with Crippen LogP contribution >= 0.6 is 11.6 Å². The van der Waals surface area contributed by atoms with Gasteiger partial charge in [-0.05, 0) is 55.8 Å². The first-order valence-corrected chi connectivity index (χ1v) is 9.07. The Morgan fingerprint density at radius 2 is 1.85 bits per heavy atom. The van der Waals surface area contributed by atoms with E-state index in [1.807, 2.05) is 24.3 Å². The molecule has 0 spiro atoms. The zero-order valence-corrected chi connectivity index (χ0v) is 15.2. The lowest BCUT2D eigenvalue weighted by molar-refractivity contribution is -0.121. The maximum atomic E-state index is 12.5. The van der Waals surface area contributed by atoms with Gasteiger partial charge in [-0.15, -0.1) is 0 Å². The number of nitrogens with two attached hydrogens (primary N) is 1. The molecule has 136 valence electrons. The first kappa shape index (κ1) is 18.4. The van der Waals surface area contributed by atoms with Crippen LogP contribution in [-0.4, -0.2) is 29.8 Å². The number of piperidine rings is 1. The fourth-order valence-corrected chi connectivity index (χ4v) is 3.41. The number of carbonyl (C=O) groups is 2. The van der Waals surface area contributed by atoms with Crippen LogP contribution in [0.1, 0.15) is 28.8 Å². The van der Waals surface area contributed by atoms with Gasteiger partial charge in [0.05, 0.1) is 0 Å². The van der Waals surface area contributed by atoms with Crippen molar-refractivity contribution in [2.24, 2.45) is 11.7 Å². The highest BCUT2D eigenvalue weighted by molar-refractivity contribution is 6.31. The van der Waals surface area contributed by atoms with E-state index in [4.69, 9.17) is 17.3 Å². The maximum absolute atomic E-state index is 12.5. The lowest BCUT2D eigenvalue weighted by Gasteiger charge is -2.31. The minimum Gasteiger partial charge on any atom is -0.366 e. The number of anilines is 1. The molecule has 2 aromatic carbocycles. The van der Waals surface area contributed by atoms with Gasteiger partial charge < -0.3 is 11.1 Å². The fourth-order valence-electron chi connectivity index (χ4n) is 3.22. The maximum Gasteiger partial charge on any atom is 0.248 e. The molecule has 26 heavy (non-hydrogen) atoms. The third kappa shape index (κ3) is 4.62. The van der Waals surface area contributed by atoms with E-state index in [-0.39, 0.29) is 11.8 Å². The summed E-state index contributed by atoms with van der Waals surface area (Å²) < 4.78 is 0. The summed E-state index contributed by atoms with van der Waals surface area (Å²) in [6, 6.07) is 14.6. The Morgan fingerprint density at radius 1 is 1.12 bits per heavy atom. The third-order valence-electron chi connectivity index (χ3n) is 4.72. The molecule has 1 aliphatic heterocycles. The fraction of sp³-hybridized carbons (Fsp3) is 0.300. The number of nitrogens with zero attached hydrogens (tertiary/aromatic N) is 1. The van der Waals surface area contributed by atoms with E-state index in [9.17, 15) is 9.59 Å². The Kier molecular flexibility index (Phi) is 5.91. The van der Waals surface area contributed by atoms with Crippen molar-refractivity contribution in [2.75, 3.05) is 18.4 Å². The lowest BCUT2D eigenvalue weighted by Crippen LogP contribution is -2.37. The molecule has 0 radical (unpaired) electrons. The van der Waals surface area contributed by atoms with Crippen molar-refractivity contribution in [1.82, 2.24) is 4.90 Å². The van der Waals surface area contributed by atoms with Crippen molar-refractivity contribution < 1.29 is 9.59 Å². The number of primary amides is 1. The van der Waals surface area contributed by atoms with E-state index >= 15 is 0 Å². The number of nitrogens with one attached hydrogen (secondary N) is 1. The van der Waals surface area contributed by atoms with E-state index in [0.717, 1.165) is 43.1 Å². The van der Waals surface area contributed by atoms with Crippen LogP contribution in [0.3, 0.4) is 0 Å². The number of hydrogen-bond donors (Lipinski definition) is 2. The summed E-state index contributed by atoms with van der Waals surface area (Å²) in [5.41, 5.74) is 7.38. The van der Waals surface area contributed by atoms with Crippen LogP contribution in [0.4, 0.5) is 5.69 Å². The van der Waals surface area contributed by atoms with Crippen molar-refractivity contribution in [3.05, 3.63) is 64.7 Å². The van der Waals surface area contributed by atoms with Crippen LogP contribution in [-0.2, 0) is 11.3 Å². The molecule has 3 rings (SSSR count). The number of hydrogen-bond acceptors (Lipinski definition) is 3. The van der Waals surface area contributed by atoms with Crippen molar-refractivity contribution in [1.29, 1.82) is 0 Å². The Balaban J connectivity index is 1.53. The molecule has 3 N–H and O–H groups in total. The molecular weight excluding hydrogens is 350 g/mol. The Hall–Kier alpha value is -2.37. The average molecular weight is 372 g/mol. The normalized spacial score (nSPS) is 15.6. The molecule has 2 amide bonds. The molecule has 1 fully saturated rings. The first-order chi connectivity index (χ1) is 12.5. The molecule has 2 aromatic rings. The van der Waals surface area contributed by atoms with E-state index in [2.05, 4.69) is 10.2 Å². The minimum absolute atomic E-state index is 0.0102. The van der Waals surface area contributed by atoms with Gasteiger partial charge in [0.15, 0.2) is 0 Å². The summed E-state index contributed by atoms with van der Waals surface area (Å²) in [5.74, 6) is -0.548. The zero-order chi connectivity index (χ0) is 18.5. The van der Waals surface area contributed by atoms with Crippen molar-refractivity contribution in [3.63, 3.8) is 0 Å². The van der Waals surface area contributed by atoms with Gasteiger partial charge in [-0.2, -0.15) is 0 Å². The minimum atomic E-state index is -0.506. The van der Waals surface area contributed by atoms with Gasteiger partial charge in [-0.3, -0.25) is 14.5 Å². The van der Waals surface area contributed by atoms with Crippen LogP contribution in [0.2, 0.25) is 5.02 Å². The van der Waals surface area contributed by atoms with Crippen LogP contribution in [0.5, 0.6) is 0 Å². The molecule has 0 aromatic heterocycles. The van der Waals surface area contributed by atoms with Crippen LogP contribution in [0.25, 0.3) is 0 Å². The van der Waals surface area contributed by atoms with E-state index < -0.39 is 5.91 Å². The summed E-state index contributed by atoms with van der Waals surface area (Å²) in [7, 11) is 0. The second kappa shape index (κ2) is 8.34. The molecule has 0 saturated carbocycles. The van der Waals surface area contributed by atoms with Crippen molar-refractivity contribution >= 4 is 29.1 Å². The van der Waals surface area contributed by atoms with Crippen molar-refractivity contribution in [3.8, 4) is 0 Å². The summed E-state index contributed by atoms with van der Waals surface area (Å²) in [5, 5.41) is 3.67. The molecule has 5 nitrogen and oxygen atoms in total. The molecule has 6 heteroatoms. The Labute approximate surface area is 158 Å².